The number of carbonyl (C=O) groups excluding carboxylic acids is 1. The third kappa shape index (κ3) is 2.63. The summed E-state index contributed by atoms with van der Waals surface area (Å²) in [4.78, 5) is 12.2. The van der Waals surface area contributed by atoms with Crippen LogP contribution in [0.5, 0.6) is 0 Å². The molecule has 0 aliphatic heterocycles. The van der Waals surface area contributed by atoms with Crippen LogP contribution in [0.4, 0.5) is 13.2 Å². The van der Waals surface area contributed by atoms with Gasteiger partial charge in [-0.05, 0) is 43.2 Å². The summed E-state index contributed by atoms with van der Waals surface area (Å²) >= 11 is 2.93. The highest BCUT2D eigenvalue weighted by atomic mass is 79.9. The first kappa shape index (κ1) is 14.8. The number of hydrogen-bond donors (Lipinski definition) is 0. The fourth-order valence-corrected chi connectivity index (χ4v) is 2.49. The average Bonchev–Trinajstić information content (AvgIpc) is 2.25. The second kappa shape index (κ2) is 5.40. The Hall–Kier alpha value is -1.62. The van der Waals surface area contributed by atoms with Gasteiger partial charge in [0.15, 0.2) is 0 Å². The van der Waals surface area contributed by atoms with Crippen LogP contribution in [-0.4, -0.2) is 5.78 Å². The van der Waals surface area contributed by atoms with Crippen molar-refractivity contribution in [2.75, 3.05) is 0 Å². The Morgan fingerprint density at radius 2 is 1.40 bits per heavy atom. The lowest BCUT2D eigenvalue weighted by Gasteiger charge is -2.10. The molecule has 20 heavy (non-hydrogen) atoms. The summed E-state index contributed by atoms with van der Waals surface area (Å²) in [5.74, 6) is -3.83. The molecular weight excluding hydrogens is 333 g/mol. The van der Waals surface area contributed by atoms with Crippen LogP contribution in [0.2, 0.25) is 0 Å². The lowest BCUT2D eigenvalue weighted by atomic mass is 9.96. The van der Waals surface area contributed by atoms with Crippen LogP contribution in [0, 0.1) is 31.3 Å². The molecule has 0 aliphatic carbocycles. The molecule has 0 bridgehead atoms. The molecule has 0 aromatic heterocycles. The Bertz CT molecular complexity index is 605. The molecule has 0 aliphatic rings. The second-order valence-electron chi connectivity index (χ2n) is 4.51. The highest BCUT2D eigenvalue weighted by molar-refractivity contribution is 9.10. The zero-order valence-corrected chi connectivity index (χ0v) is 12.3. The number of benzene rings is 2. The largest absolute Gasteiger partial charge is 0.288 e. The molecule has 0 fully saturated rings. The Balaban J connectivity index is 2.64. The molecule has 5 heteroatoms. The molecule has 0 unspecified atom stereocenters. The van der Waals surface area contributed by atoms with Crippen molar-refractivity contribution >= 4 is 21.7 Å². The van der Waals surface area contributed by atoms with Gasteiger partial charge in [0.2, 0.25) is 5.78 Å². The maximum absolute atomic E-state index is 13.9. The number of halogens is 4. The summed E-state index contributed by atoms with van der Waals surface area (Å²) in [6, 6.07) is 4.69. The molecule has 0 amide bonds. The van der Waals surface area contributed by atoms with Gasteiger partial charge in [0.1, 0.15) is 17.5 Å². The van der Waals surface area contributed by atoms with Gasteiger partial charge in [-0.3, -0.25) is 4.79 Å². The van der Waals surface area contributed by atoms with Crippen LogP contribution < -0.4 is 0 Å². The zero-order valence-electron chi connectivity index (χ0n) is 10.7. The maximum Gasteiger partial charge on any atom is 0.202 e. The van der Waals surface area contributed by atoms with Gasteiger partial charge in [-0.25, -0.2) is 13.2 Å². The topological polar surface area (TPSA) is 17.1 Å². The van der Waals surface area contributed by atoms with Crippen molar-refractivity contribution in [3.63, 3.8) is 0 Å². The summed E-state index contributed by atoms with van der Waals surface area (Å²) < 4.78 is 41.6. The first-order valence-corrected chi connectivity index (χ1v) is 6.56. The standard InChI is InChI=1S/C15H10BrF3O/c1-7-3-8(2)13(10(17)4-7)15(20)14-11(18)5-9(16)6-12(14)19/h3-6H,1-2H3. The first-order valence-electron chi connectivity index (χ1n) is 5.77. The fourth-order valence-electron chi connectivity index (χ4n) is 2.09. The van der Waals surface area contributed by atoms with Gasteiger partial charge >= 0.3 is 0 Å². The average molecular weight is 343 g/mol. The van der Waals surface area contributed by atoms with E-state index in [1.54, 1.807) is 13.0 Å². The van der Waals surface area contributed by atoms with Gasteiger partial charge in [0.25, 0.3) is 0 Å². The molecule has 2 rings (SSSR count). The zero-order chi connectivity index (χ0) is 15.0. The van der Waals surface area contributed by atoms with E-state index in [0.29, 0.717) is 11.1 Å². The smallest absolute Gasteiger partial charge is 0.202 e. The number of ketones is 1. The van der Waals surface area contributed by atoms with E-state index in [1.165, 1.54) is 6.92 Å². The normalized spacial score (nSPS) is 10.7. The molecule has 0 saturated carbocycles. The number of carbonyl (C=O) groups is 1. The van der Waals surface area contributed by atoms with Gasteiger partial charge < -0.3 is 0 Å². The minimum absolute atomic E-state index is 0.171. The van der Waals surface area contributed by atoms with Gasteiger partial charge in [-0.2, -0.15) is 0 Å². The summed E-state index contributed by atoms with van der Waals surface area (Å²) in [5.41, 5.74) is -0.0858. The summed E-state index contributed by atoms with van der Waals surface area (Å²) in [7, 11) is 0. The van der Waals surface area contributed by atoms with Crippen molar-refractivity contribution in [1.29, 1.82) is 0 Å². The monoisotopic (exact) mass is 342 g/mol. The lowest BCUT2D eigenvalue weighted by Crippen LogP contribution is -2.12. The molecule has 0 radical (unpaired) electrons. The first-order chi connectivity index (χ1) is 9.31. The maximum atomic E-state index is 13.9. The van der Waals surface area contributed by atoms with Crippen molar-refractivity contribution in [3.05, 3.63) is 68.4 Å². The SMILES string of the molecule is Cc1cc(C)c(C(=O)c2c(F)cc(Br)cc2F)c(F)c1. The van der Waals surface area contributed by atoms with E-state index in [-0.39, 0.29) is 10.0 Å². The van der Waals surface area contributed by atoms with Gasteiger partial charge in [0, 0.05) is 4.47 Å². The molecule has 0 atom stereocenters. The highest BCUT2D eigenvalue weighted by Gasteiger charge is 2.24. The predicted molar refractivity (Wildman–Crippen MR) is 73.4 cm³/mol. The van der Waals surface area contributed by atoms with E-state index in [1.807, 2.05) is 0 Å². The van der Waals surface area contributed by atoms with E-state index in [9.17, 15) is 18.0 Å². The Labute approximate surface area is 122 Å². The molecule has 0 spiro atoms. The van der Waals surface area contributed by atoms with E-state index < -0.39 is 28.8 Å². The lowest BCUT2D eigenvalue weighted by molar-refractivity contribution is 0.102. The molecule has 1 nitrogen and oxygen atoms in total. The van der Waals surface area contributed by atoms with Crippen LogP contribution in [0.3, 0.4) is 0 Å². The van der Waals surface area contributed by atoms with Crippen LogP contribution in [0.15, 0.2) is 28.7 Å². The van der Waals surface area contributed by atoms with Crippen molar-refractivity contribution < 1.29 is 18.0 Å². The number of hydrogen-bond acceptors (Lipinski definition) is 1. The van der Waals surface area contributed by atoms with Crippen LogP contribution in [0.1, 0.15) is 27.0 Å². The van der Waals surface area contributed by atoms with Crippen molar-refractivity contribution in [2.24, 2.45) is 0 Å². The third-order valence-electron chi connectivity index (χ3n) is 2.89. The highest BCUT2D eigenvalue weighted by Crippen LogP contribution is 2.25. The molecule has 2 aromatic rings. The molecule has 0 heterocycles. The summed E-state index contributed by atoms with van der Waals surface area (Å²) in [6.45, 7) is 3.20. The number of aryl methyl sites for hydroxylation is 2. The Morgan fingerprint density at radius 1 is 0.900 bits per heavy atom. The van der Waals surface area contributed by atoms with E-state index in [0.717, 1.165) is 18.2 Å². The van der Waals surface area contributed by atoms with Gasteiger partial charge in [0.05, 0.1) is 11.1 Å². The van der Waals surface area contributed by atoms with Crippen molar-refractivity contribution in [2.45, 2.75) is 13.8 Å². The molecular formula is C15H10BrF3O. The second-order valence-corrected chi connectivity index (χ2v) is 5.43. The predicted octanol–water partition coefficient (Wildman–Crippen LogP) is 4.71. The molecule has 0 saturated heterocycles. The quantitative estimate of drug-likeness (QED) is 0.722. The van der Waals surface area contributed by atoms with E-state index in [2.05, 4.69) is 15.9 Å². The number of rotatable bonds is 2. The van der Waals surface area contributed by atoms with Crippen molar-refractivity contribution in [3.8, 4) is 0 Å². The Kier molecular flexibility index (Phi) is 3.99. The van der Waals surface area contributed by atoms with Crippen LogP contribution in [-0.2, 0) is 0 Å². The van der Waals surface area contributed by atoms with E-state index >= 15 is 0 Å². The molecule has 2 aromatic carbocycles. The van der Waals surface area contributed by atoms with E-state index in [4.69, 9.17) is 0 Å². The third-order valence-corrected chi connectivity index (χ3v) is 3.35. The summed E-state index contributed by atoms with van der Waals surface area (Å²) in [5, 5.41) is 0. The summed E-state index contributed by atoms with van der Waals surface area (Å²) in [6.07, 6.45) is 0. The minimum atomic E-state index is -1.03. The molecule has 0 N–H and O–H groups in total. The van der Waals surface area contributed by atoms with Crippen molar-refractivity contribution in [1.82, 2.24) is 0 Å². The van der Waals surface area contributed by atoms with Gasteiger partial charge in [-0.1, -0.05) is 22.0 Å². The Morgan fingerprint density at radius 3 is 1.90 bits per heavy atom. The van der Waals surface area contributed by atoms with Gasteiger partial charge in [-0.15, -0.1) is 0 Å². The molecule has 104 valence electrons. The fraction of sp³-hybridized carbons (Fsp3) is 0.133. The minimum Gasteiger partial charge on any atom is -0.288 e. The van der Waals surface area contributed by atoms with Crippen LogP contribution >= 0.6 is 15.9 Å². The van der Waals surface area contributed by atoms with Crippen LogP contribution in [0.25, 0.3) is 0 Å².